The van der Waals surface area contributed by atoms with Crippen molar-refractivity contribution in [2.45, 2.75) is 4.90 Å². The lowest BCUT2D eigenvalue weighted by atomic mass is 10.2. The second kappa shape index (κ2) is 11.0. The van der Waals surface area contributed by atoms with Crippen LogP contribution in [0.15, 0.2) is 53.4 Å². The van der Waals surface area contributed by atoms with Gasteiger partial charge in [-0.05, 0) is 61.8 Å². The predicted octanol–water partition coefficient (Wildman–Crippen LogP) is 2.75. The van der Waals surface area contributed by atoms with Crippen LogP contribution in [0.25, 0.3) is 0 Å². The SMILES string of the molecule is CSc1ccc(NC(=O)CN(C)CC(=O)Nc2ccc(N3CCOCC3)cc2)cc1. The highest BCUT2D eigenvalue weighted by atomic mass is 32.2. The van der Waals surface area contributed by atoms with Crippen molar-refractivity contribution in [3.8, 4) is 0 Å². The molecule has 0 unspecified atom stereocenters. The minimum absolute atomic E-state index is 0.129. The summed E-state index contributed by atoms with van der Waals surface area (Å²) in [5.74, 6) is -0.314. The number of carbonyl (C=O) groups is 2. The summed E-state index contributed by atoms with van der Waals surface area (Å²) in [7, 11) is 1.75. The first kappa shape index (κ1) is 22.1. The molecule has 0 atom stereocenters. The fourth-order valence-corrected chi connectivity index (χ4v) is 3.61. The van der Waals surface area contributed by atoms with Crippen molar-refractivity contribution in [2.75, 3.05) is 68.2 Å². The molecule has 30 heavy (non-hydrogen) atoms. The zero-order valence-corrected chi connectivity index (χ0v) is 18.2. The number of nitrogens with zero attached hydrogens (tertiary/aromatic N) is 2. The summed E-state index contributed by atoms with van der Waals surface area (Å²) in [5.41, 5.74) is 2.61. The number of morpholine rings is 1. The summed E-state index contributed by atoms with van der Waals surface area (Å²) in [4.78, 5) is 29.6. The van der Waals surface area contributed by atoms with E-state index in [0.717, 1.165) is 48.3 Å². The second-order valence-electron chi connectivity index (χ2n) is 7.14. The van der Waals surface area contributed by atoms with Crippen LogP contribution in [0.5, 0.6) is 0 Å². The summed E-state index contributed by atoms with van der Waals surface area (Å²) in [5, 5.41) is 5.73. The van der Waals surface area contributed by atoms with E-state index >= 15 is 0 Å². The Kier molecular flexibility index (Phi) is 8.12. The highest BCUT2D eigenvalue weighted by molar-refractivity contribution is 7.98. The third-order valence-electron chi connectivity index (χ3n) is 4.73. The molecule has 0 aromatic heterocycles. The van der Waals surface area contributed by atoms with Crippen molar-refractivity contribution in [1.82, 2.24) is 4.90 Å². The Morgan fingerprint density at radius 2 is 1.43 bits per heavy atom. The number of amides is 2. The fourth-order valence-electron chi connectivity index (χ4n) is 3.20. The van der Waals surface area contributed by atoms with Crippen LogP contribution in [0.4, 0.5) is 17.1 Å². The van der Waals surface area contributed by atoms with Crippen molar-refractivity contribution in [3.63, 3.8) is 0 Å². The minimum atomic E-state index is -0.159. The standard InChI is InChI=1S/C22H28N4O3S/c1-25(16-22(28)24-18-5-9-20(30-2)10-6-18)15-21(27)23-17-3-7-19(8-4-17)26-11-13-29-14-12-26/h3-10H,11-16H2,1-2H3,(H,23,27)(H,24,28). The number of carbonyl (C=O) groups excluding carboxylic acids is 2. The van der Waals surface area contributed by atoms with Crippen LogP contribution >= 0.6 is 11.8 Å². The van der Waals surface area contributed by atoms with Crippen molar-refractivity contribution in [2.24, 2.45) is 0 Å². The van der Waals surface area contributed by atoms with Gasteiger partial charge in [-0.1, -0.05) is 0 Å². The van der Waals surface area contributed by atoms with E-state index in [2.05, 4.69) is 15.5 Å². The first-order valence-electron chi connectivity index (χ1n) is 9.88. The summed E-state index contributed by atoms with van der Waals surface area (Å²) in [6.45, 7) is 3.49. The molecule has 0 aliphatic carbocycles. The molecule has 2 amide bonds. The highest BCUT2D eigenvalue weighted by Crippen LogP contribution is 2.19. The molecular weight excluding hydrogens is 400 g/mol. The zero-order chi connectivity index (χ0) is 21.3. The highest BCUT2D eigenvalue weighted by Gasteiger charge is 2.13. The maximum absolute atomic E-state index is 12.3. The smallest absolute Gasteiger partial charge is 0.238 e. The Bertz CT molecular complexity index is 836. The van der Waals surface area contributed by atoms with Crippen LogP contribution in [0.3, 0.4) is 0 Å². The van der Waals surface area contributed by atoms with Gasteiger partial charge in [-0.15, -0.1) is 11.8 Å². The monoisotopic (exact) mass is 428 g/mol. The molecule has 1 heterocycles. The molecular formula is C22H28N4O3S. The second-order valence-corrected chi connectivity index (χ2v) is 8.02. The van der Waals surface area contributed by atoms with Gasteiger partial charge in [0.15, 0.2) is 0 Å². The number of rotatable bonds is 8. The van der Waals surface area contributed by atoms with Gasteiger partial charge < -0.3 is 20.3 Å². The Balaban J connectivity index is 1.42. The first-order chi connectivity index (χ1) is 14.5. The predicted molar refractivity (Wildman–Crippen MR) is 122 cm³/mol. The van der Waals surface area contributed by atoms with Crippen molar-refractivity contribution in [1.29, 1.82) is 0 Å². The molecule has 2 aromatic carbocycles. The van der Waals surface area contributed by atoms with E-state index in [9.17, 15) is 9.59 Å². The number of hydrogen-bond acceptors (Lipinski definition) is 6. The minimum Gasteiger partial charge on any atom is -0.378 e. The molecule has 1 aliphatic rings. The van der Waals surface area contributed by atoms with Crippen LogP contribution in [0, 0.1) is 0 Å². The Morgan fingerprint density at radius 3 is 1.93 bits per heavy atom. The topological polar surface area (TPSA) is 73.9 Å². The normalized spacial score (nSPS) is 13.9. The number of anilines is 3. The van der Waals surface area contributed by atoms with Crippen LogP contribution in [0.1, 0.15) is 0 Å². The molecule has 7 nitrogen and oxygen atoms in total. The average Bonchev–Trinajstić information content (AvgIpc) is 2.75. The molecule has 2 N–H and O–H groups in total. The zero-order valence-electron chi connectivity index (χ0n) is 17.4. The molecule has 0 saturated carbocycles. The van der Waals surface area contributed by atoms with Crippen molar-refractivity contribution >= 4 is 40.6 Å². The van der Waals surface area contributed by atoms with E-state index in [1.807, 2.05) is 54.8 Å². The van der Waals surface area contributed by atoms with Gasteiger partial charge in [0.2, 0.25) is 11.8 Å². The van der Waals surface area contributed by atoms with E-state index in [0.29, 0.717) is 0 Å². The molecule has 3 rings (SSSR count). The molecule has 8 heteroatoms. The summed E-state index contributed by atoms with van der Waals surface area (Å²) in [6, 6.07) is 15.5. The van der Waals surface area contributed by atoms with Gasteiger partial charge in [-0.25, -0.2) is 0 Å². The lowest BCUT2D eigenvalue weighted by molar-refractivity contribution is -0.119. The van der Waals surface area contributed by atoms with Crippen LogP contribution in [-0.2, 0) is 14.3 Å². The molecule has 160 valence electrons. The van der Waals surface area contributed by atoms with Crippen molar-refractivity contribution in [3.05, 3.63) is 48.5 Å². The van der Waals surface area contributed by atoms with Crippen molar-refractivity contribution < 1.29 is 14.3 Å². The van der Waals surface area contributed by atoms with E-state index < -0.39 is 0 Å². The summed E-state index contributed by atoms with van der Waals surface area (Å²) < 4.78 is 5.37. The molecule has 0 radical (unpaired) electrons. The number of hydrogen-bond donors (Lipinski definition) is 2. The number of ether oxygens (including phenoxy) is 1. The molecule has 1 fully saturated rings. The van der Waals surface area contributed by atoms with E-state index in [1.165, 1.54) is 0 Å². The van der Waals surface area contributed by atoms with E-state index in [1.54, 1.807) is 23.7 Å². The molecule has 0 spiro atoms. The Hall–Kier alpha value is -2.55. The Labute approximate surface area is 181 Å². The fraction of sp³-hybridized carbons (Fsp3) is 0.364. The molecule has 1 aliphatic heterocycles. The molecule has 2 aromatic rings. The van der Waals surface area contributed by atoms with E-state index in [4.69, 9.17) is 4.74 Å². The van der Waals surface area contributed by atoms with Gasteiger partial charge >= 0.3 is 0 Å². The third-order valence-corrected chi connectivity index (χ3v) is 5.47. The number of thioether (sulfide) groups is 1. The number of likely N-dealkylation sites (N-methyl/N-ethyl adjacent to an activating group) is 1. The maximum Gasteiger partial charge on any atom is 0.238 e. The average molecular weight is 429 g/mol. The molecule has 0 bridgehead atoms. The van der Waals surface area contributed by atoms with Crippen LogP contribution in [-0.4, -0.2) is 69.4 Å². The van der Waals surface area contributed by atoms with E-state index in [-0.39, 0.29) is 24.9 Å². The van der Waals surface area contributed by atoms with Gasteiger partial charge in [-0.3, -0.25) is 14.5 Å². The summed E-state index contributed by atoms with van der Waals surface area (Å²) >= 11 is 1.65. The first-order valence-corrected chi connectivity index (χ1v) is 11.1. The quantitative estimate of drug-likeness (QED) is 0.630. The molecule has 1 saturated heterocycles. The van der Waals surface area contributed by atoms with Crippen LogP contribution in [0.2, 0.25) is 0 Å². The van der Waals surface area contributed by atoms with Crippen LogP contribution < -0.4 is 15.5 Å². The lowest BCUT2D eigenvalue weighted by Crippen LogP contribution is -2.36. The largest absolute Gasteiger partial charge is 0.378 e. The van der Waals surface area contributed by atoms with Gasteiger partial charge in [0, 0.05) is 35.0 Å². The Morgan fingerprint density at radius 1 is 0.933 bits per heavy atom. The van der Waals surface area contributed by atoms with Gasteiger partial charge in [-0.2, -0.15) is 0 Å². The van der Waals surface area contributed by atoms with Gasteiger partial charge in [0.1, 0.15) is 0 Å². The third kappa shape index (κ3) is 6.76. The van der Waals surface area contributed by atoms with Gasteiger partial charge in [0.25, 0.3) is 0 Å². The summed E-state index contributed by atoms with van der Waals surface area (Å²) in [6.07, 6.45) is 2.01. The van der Waals surface area contributed by atoms with Gasteiger partial charge in [0.05, 0.1) is 26.3 Å². The maximum atomic E-state index is 12.3. The number of nitrogens with one attached hydrogen (secondary N) is 2. The lowest BCUT2D eigenvalue weighted by Gasteiger charge is -2.28. The number of benzene rings is 2.